The third-order valence-corrected chi connectivity index (χ3v) is 2.59. The Bertz CT molecular complexity index is 132. The molecule has 1 N–H and O–H groups in total. The molecule has 0 aromatic heterocycles. The molecule has 0 fully saturated rings. The molecule has 0 amide bonds. The van der Waals surface area contributed by atoms with Crippen LogP contribution in [0, 0.1) is 0 Å². The molecule has 0 bridgehead atoms. The molecule has 0 radical (unpaired) electrons. The third-order valence-electron chi connectivity index (χ3n) is 2.59. The second-order valence-corrected chi connectivity index (χ2v) is 3.23. The molecule has 4 heteroatoms. The predicted molar refractivity (Wildman–Crippen MR) is 54.5 cm³/mol. The van der Waals surface area contributed by atoms with Crippen LogP contribution in [-0.4, -0.2) is 48.3 Å². The number of hydrogen-bond donors (Lipinski definition) is 1. The van der Waals surface area contributed by atoms with Crippen LogP contribution in [0.15, 0.2) is 0 Å². The minimum atomic E-state index is -1.08. The van der Waals surface area contributed by atoms with Gasteiger partial charge in [0.2, 0.25) is 0 Å². The molecule has 0 heterocycles. The zero-order valence-electron chi connectivity index (χ0n) is 9.75. The molecule has 4 nitrogen and oxygen atoms in total. The number of nitrogens with zero attached hydrogens (tertiary/aromatic N) is 1. The molecule has 86 valence electrons. The van der Waals surface area contributed by atoms with Crippen molar-refractivity contribution in [1.29, 1.82) is 0 Å². The lowest BCUT2D eigenvalue weighted by atomic mass is 10.3. The summed E-state index contributed by atoms with van der Waals surface area (Å²) >= 11 is 0. The minimum Gasteiger partial charge on any atom is -0.550 e. The van der Waals surface area contributed by atoms with Gasteiger partial charge in [-0.3, -0.25) is 0 Å². The number of likely N-dealkylation sites (N-methyl/N-ethyl adjacent to an activating group) is 1. The largest absolute Gasteiger partial charge is 0.550 e. The Balaban J connectivity index is 0. The van der Waals surface area contributed by atoms with Crippen LogP contribution in [0.5, 0.6) is 0 Å². The summed E-state index contributed by atoms with van der Waals surface area (Å²) < 4.78 is 1.05. The van der Waals surface area contributed by atoms with Crippen molar-refractivity contribution in [3.05, 3.63) is 0 Å². The number of aliphatic hydroxyl groups excluding tert-OH is 1. The first-order valence-electron chi connectivity index (χ1n) is 5.11. The van der Waals surface area contributed by atoms with Crippen molar-refractivity contribution in [3.63, 3.8) is 0 Å². The SMILES string of the molecule is CC(=O)[O-].CC[N+](CC)(CC)CCO. The Labute approximate surface area is 86.7 Å². The Hall–Kier alpha value is -0.610. The van der Waals surface area contributed by atoms with E-state index in [1.807, 2.05) is 0 Å². The van der Waals surface area contributed by atoms with Gasteiger partial charge in [0.15, 0.2) is 0 Å². The summed E-state index contributed by atoms with van der Waals surface area (Å²) in [6.45, 7) is 12.1. The van der Waals surface area contributed by atoms with Crippen molar-refractivity contribution >= 4 is 5.97 Å². The average Bonchev–Trinajstić information content (AvgIpc) is 2.14. The van der Waals surface area contributed by atoms with Crippen molar-refractivity contribution in [2.24, 2.45) is 0 Å². The molecule has 0 aliphatic carbocycles. The number of carboxylic acids is 1. The van der Waals surface area contributed by atoms with E-state index < -0.39 is 5.97 Å². The number of hydrogen-bond acceptors (Lipinski definition) is 3. The van der Waals surface area contributed by atoms with Gasteiger partial charge < -0.3 is 19.5 Å². The molecule has 0 atom stereocenters. The van der Waals surface area contributed by atoms with E-state index in [9.17, 15) is 0 Å². The monoisotopic (exact) mass is 205 g/mol. The summed E-state index contributed by atoms with van der Waals surface area (Å²) in [5.41, 5.74) is 0. The molecule has 0 unspecified atom stereocenters. The van der Waals surface area contributed by atoms with Crippen LogP contribution < -0.4 is 5.11 Å². The van der Waals surface area contributed by atoms with Gasteiger partial charge in [0.1, 0.15) is 6.54 Å². The average molecular weight is 205 g/mol. The van der Waals surface area contributed by atoms with Crippen molar-refractivity contribution < 1.29 is 19.5 Å². The van der Waals surface area contributed by atoms with Crippen molar-refractivity contribution in [3.8, 4) is 0 Å². The topological polar surface area (TPSA) is 60.4 Å². The van der Waals surface area contributed by atoms with Crippen molar-refractivity contribution in [2.45, 2.75) is 27.7 Å². The fourth-order valence-corrected chi connectivity index (χ4v) is 1.36. The van der Waals surface area contributed by atoms with Gasteiger partial charge >= 0.3 is 0 Å². The molecule has 0 spiro atoms. The van der Waals surface area contributed by atoms with E-state index in [1.54, 1.807) is 0 Å². The third kappa shape index (κ3) is 8.01. The number of quaternary nitrogens is 1. The fraction of sp³-hybridized carbons (Fsp3) is 0.900. The van der Waals surface area contributed by atoms with Crippen LogP contribution in [0.1, 0.15) is 27.7 Å². The Morgan fingerprint density at radius 2 is 1.50 bits per heavy atom. The molecule has 0 aliphatic heterocycles. The van der Waals surface area contributed by atoms with Gasteiger partial charge in [-0.2, -0.15) is 0 Å². The van der Waals surface area contributed by atoms with Gasteiger partial charge in [-0.05, 0) is 27.7 Å². The number of carboxylic acid groups (broad SMARTS) is 1. The zero-order valence-corrected chi connectivity index (χ0v) is 9.75. The van der Waals surface area contributed by atoms with Crippen LogP contribution in [0.2, 0.25) is 0 Å². The lowest BCUT2D eigenvalue weighted by molar-refractivity contribution is -0.923. The van der Waals surface area contributed by atoms with Crippen molar-refractivity contribution in [2.75, 3.05) is 32.8 Å². The van der Waals surface area contributed by atoms with Gasteiger partial charge in [-0.25, -0.2) is 0 Å². The smallest absolute Gasteiger partial charge is 0.102 e. The minimum absolute atomic E-state index is 0.315. The molecule has 0 rings (SSSR count). The number of carbonyl (C=O) groups is 1. The van der Waals surface area contributed by atoms with Gasteiger partial charge in [0.05, 0.1) is 26.2 Å². The van der Waals surface area contributed by atoms with Crippen LogP contribution in [-0.2, 0) is 4.79 Å². The van der Waals surface area contributed by atoms with Gasteiger partial charge in [0.25, 0.3) is 0 Å². The first kappa shape index (κ1) is 15.8. The summed E-state index contributed by atoms with van der Waals surface area (Å²) in [4.78, 5) is 8.89. The molecule has 0 aromatic carbocycles. The highest BCUT2D eigenvalue weighted by Gasteiger charge is 2.18. The Kier molecular flexibility index (Phi) is 10.1. The molecule has 14 heavy (non-hydrogen) atoms. The Morgan fingerprint density at radius 3 is 1.57 bits per heavy atom. The van der Waals surface area contributed by atoms with Crippen LogP contribution in [0.4, 0.5) is 0 Å². The number of carbonyl (C=O) groups excluding carboxylic acids is 1. The number of aliphatic carboxylic acids is 1. The molecule has 0 aliphatic rings. The van der Waals surface area contributed by atoms with E-state index in [-0.39, 0.29) is 0 Å². The second kappa shape index (κ2) is 8.97. The fourth-order valence-electron chi connectivity index (χ4n) is 1.36. The summed E-state index contributed by atoms with van der Waals surface area (Å²) in [7, 11) is 0. The molecule has 0 aromatic rings. The van der Waals surface area contributed by atoms with Crippen LogP contribution in [0.25, 0.3) is 0 Å². The highest BCUT2D eigenvalue weighted by molar-refractivity contribution is 5.60. The second-order valence-electron chi connectivity index (χ2n) is 3.23. The maximum atomic E-state index is 8.89. The van der Waals surface area contributed by atoms with E-state index in [4.69, 9.17) is 15.0 Å². The lowest BCUT2D eigenvalue weighted by Gasteiger charge is -2.34. The van der Waals surface area contributed by atoms with E-state index in [1.165, 1.54) is 0 Å². The van der Waals surface area contributed by atoms with E-state index in [2.05, 4.69) is 20.8 Å². The zero-order chi connectivity index (χ0) is 11.6. The maximum Gasteiger partial charge on any atom is 0.102 e. The van der Waals surface area contributed by atoms with Gasteiger partial charge in [-0.15, -0.1) is 0 Å². The highest BCUT2D eigenvalue weighted by Crippen LogP contribution is 2.03. The van der Waals surface area contributed by atoms with Crippen LogP contribution in [0.3, 0.4) is 0 Å². The number of aliphatic hydroxyl groups is 1. The highest BCUT2D eigenvalue weighted by atomic mass is 16.4. The summed E-state index contributed by atoms with van der Waals surface area (Å²) in [6, 6.07) is 0. The first-order chi connectivity index (χ1) is 6.47. The van der Waals surface area contributed by atoms with Crippen LogP contribution >= 0.6 is 0 Å². The summed E-state index contributed by atoms with van der Waals surface area (Å²) in [6.07, 6.45) is 0. The Morgan fingerprint density at radius 1 is 1.21 bits per heavy atom. The van der Waals surface area contributed by atoms with E-state index >= 15 is 0 Å². The van der Waals surface area contributed by atoms with Gasteiger partial charge in [0, 0.05) is 5.97 Å². The normalized spacial score (nSPS) is 10.4. The standard InChI is InChI=1S/C8H20NO.C2H4O2/c1-4-9(5-2,6-3)7-8-10;1-2(3)4/h10H,4-8H2,1-3H3;1H3,(H,3,4)/q+1;/p-1. The van der Waals surface area contributed by atoms with Crippen molar-refractivity contribution in [1.82, 2.24) is 0 Å². The quantitative estimate of drug-likeness (QED) is 0.622. The van der Waals surface area contributed by atoms with Gasteiger partial charge in [-0.1, -0.05) is 0 Å². The number of rotatable bonds is 5. The lowest BCUT2D eigenvalue weighted by Crippen LogP contribution is -2.49. The first-order valence-corrected chi connectivity index (χ1v) is 5.11. The molecule has 0 saturated carbocycles. The molecular weight excluding hydrogens is 182 g/mol. The van der Waals surface area contributed by atoms with E-state index in [0.29, 0.717) is 6.61 Å². The maximum absolute atomic E-state index is 8.89. The summed E-state index contributed by atoms with van der Waals surface area (Å²) in [5, 5.41) is 17.7. The summed E-state index contributed by atoms with van der Waals surface area (Å²) in [5.74, 6) is -1.08. The molecular formula is C10H23NO3. The molecule has 0 saturated heterocycles. The predicted octanol–water partition coefficient (Wildman–Crippen LogP) is -0.389. The van der Waals surface area contributed by atoms with E-state index in [0.717, 1.165) is 37.6 Å².